The maximum atomic E-state index is 6.02. The molecule has 0 aliphatic carbocycles. The van der Waals surface area contributed by atoms with E-state index in [-0.39, 0.29) is 0 Å². The maximum Gasteiger partial charge on any atom is 0.0612 e. The van der Waals surface area contributed by atoms with Crippen molar-refractivity contribution < 1.29 is 0 Å². The van der Waals surface area contributed by atoms with Crippen molar-refractivity contribution in [3.63, 3.8) is 0 Å². The molecular formula is C18H15Cl2N. The standard InChI is InChI=1S/C18H15Cl2N/c19-17-9-8-15(12-18(17)20)21-11-10-14-6-3-5-13-4-1-2-7-16(13)14/h1-9,12,21H,10-11H2. The SMILES string of the molecule is Clc1ccc(NCCc2cccc3ccccc23)cc1Cl. The van der Waals surface area contributed by atoms with Crippen LogP contribution in [0.4, 0.5) is 5.69 Å². The molecule has 3 aromatic rings. The van der Waals surface area contributed by atoms with Gasteiger partial charge in [-0.1, -0.05) is 65.7 Å². The number of nitrogens with one attached hydrogen (secondary N) is 1. The van der Waals surface area contributed by atoms with E-state index in [9.17, 15) is 0 Å². The van der Waals surface area contributed by atoms with E-state index < -0.39 is 0 Å². The molecule has 1 N–H and O–H groups in total. The average Bonchev–Trinajstić information content (AvgIpc) is 2.51. The smallest absolute Gasteiger partial charge is 0.0612 e. The van der Waals surface area contributed by atoms with Crippen molar-refractivity contribution in [3.8, 4) is 0 Å². The summed E-state index contributed by atoms with van der Waals surface area (Å²) in [4.78, 5) is 0. The van der Waals surface area contributed by atoms with Crippen LogP contribution in [0.5, 0.6) is 0 Å². The number of halogens is 2. The number of fused-ring (bicyclic) bond motifs is 1. The number of rotatable bonds is 4. The Balaban J connectivity index is 1.70. The van der Waals surface area contributed by atoms with Gasteiger partial charge in [0.1, 0.15) is 0 Å². The van der Waals surface area contributed by atoms with Gasteiger partial charge in [-0.25, -0.2) is 0 Å². The van der Waals surface area contributed by atoms with Crippen molar-refractivity contribution in [2.24, 2.45) is 0 Å². The highest BCUT2D eigenvalue weighted by atomic mass is 35.5. The van der Waals surface area contributed by atoms with Crippen LogP contribution in [-0.4, -0.2) is 6.54 Å². The second-order valence-electron chi connectivity index (χ2n) is 4.94. The second-order valence-corrected chi connectivity index (χ2v) is 5.76. The lowest BCUT2D eigenvalue weighted by Crippen LogP contribution is -2.05. The van der Waals surface area contributed by atoms with Gasteiger partial charge in [0, 0.05) is 12.2 Å². The number of anilines is 1. The van der Waals surface area contributed by atoms with Crippen LogP contribution in [0.15, 0.2) is 60.7 Å². The van der Waals surface area contributed by atoms with Crippen LogP contribution in [0.3, 0.4) is 0 Å². The van der Waals surface area contributed by atoms with Crippen molar-refractivity contribution in [2.75, 3.05) is 11.9 Å². The number of hydrogen-bond donors (Lipinski definition) is 1. The Morgan fingerprint density at radius 2 is 1.62 bits per heavy atom. The normalized spacial score (nSPS) is 10.8. The predicted octanol–water partition coefficient (Wildman–Crippen LogP) is 5.80. The summed E-state index contributed by atoms with van der Waals surface area (Å²) in [6, 6.07) is 20.5. The van der Waals surface area contributed by atoms with Crippen molar-refractivity contribution in [1.82, 2.24) is 0 Å². The molecule has 21 heavy (non-hydrogen) atoms. The monoisotopic (exact) mass is 315 g/mol. The van der Waals surface area contributed by atoms with Gasteiger partial charge in [-0.05, 0) is 41.0 Å². The van der Waals surface area contributed by atoms with Crippen LogP contribution in [0.1, 0.15) is 5.56 Å². The van der Waals surface area contributed by atoms with E-state index in [1.807, 2.05) is 18.2 Å². The Morgan fingerprint density at radius 1 is 0.810 bits per heavy atom. The molecule has 0 heterocycles. The van der Waals surface area contributed by atoms with Crippen LogP contribution in [-0.2, 0) is 6.42 Å². The van der Waals surface area contributed by atoms with Crippen LogP contribution in [0.2, 0.25) is 10.0 Å². The molecule has 0 saturated carbocycles. The van der Waals surface area contributed by atoms with Crippen LogP contribution < -0.4 is 5.32 Å². The maximum absolute atomic E-state index is 6.02. The van der Waals surface area contributed by atoms with Crippen molar-refractivity contribution in [1.29, 1.82) is 0 Å². The summed E-state index contributed by atoms with van der Waals surface area (Å²) in [7, 11) is 0. The summed E-state index contributed by atoms with van der Waals surface area (Å²) in [5.41, 5.74) is 2.34. The van der Waals surface area contributed by atoms with E-state index in [1.54, 1.807) is 0 Å². The first-order valence-corrected chi connectivity index (χ1v) is 7.65. The van der Waals surface area contributed by atoms with E-state index in [2.05, 4.69) is 47.8 Å². The lowest BCUT2D eigenvalue weighted by molar-refractivity contribution is 1.03. The molecule has 0 atom stereocenters. The molecule has 0 saturated heterocycles. The molecule has 0 fully saturated rings. The van der Waals surface area contributed by atoms with Gasteiger partial charge in [0.25, 0.3) is 0 Å². The topological polar surface area (TPSA) is 12.0 Å². The molecule has 0 spiro atoms. The molecule has 0 bridgehead atoms. The summed E-state index contributed by atoms with van der Waals surface area (Å²) in [6.07, 6.45) is 0.960. The predicted molar refractivity (Wildman–Crippen MR) is 92.6 cm³/mol. The molecule has 106 valence electrons. The Bertz CT molecular complexity index is 763. The Labute approximate surface area is 134 Å². The third-order valence-electron chi connectivity index (χ3n) is 3.52. The molecule has 0 aromatic heterocycles. The zero-order valence-corrected chi connectivity index (χ0v) is 13.0. The molecule has 3 rings (SSSR count). The summed E-state index contributed by atoms with van der Waals surface area (Å²) < 4.78 is 0. The Hall–Kier alpha value is -1.70. The van der Waals surface area contributed by atoms with E-state index in [0.29, 0.717) is 10.0 Å². The van der Waals surface area contributed by atoms with Gasteiger partial charge >= 0.3 is 0 Å². The third kappa shape index (κ3) is 3.31. The highest BCUT2D eigenvalue weighted by molar-refractivity contribution is 6.42. The fourth-order valence-corrected chi connectivity index (χ4v) is 2.76. The molecule has 0 amide bonds. The first-order chi connectivity index (χ1) is 10.2. The minimum absolute atomic E-state index is 0.576. The van der Waals surface area contributed by atoms with E-state index in [0.717, 1.165) is 18.7 Å². The van der Waals surface area contributed by atoms with Gasteiger partial charge in [0.05, 0.1) is 10.0 Å². The minimum Gasteiger partial charge on any atom is -0.385 e. The second kappa shape index (κ2) is 6.38. The highest BCUT2D eigenvalue weighted by Gasteiger charge is 2.02. The molecule has 1 nitrogen and oxygen atoms in total. The summed E-state index contributed by atoms with van der Waals surface area (Å²) in [5, 5.41) is 7.14. The molecule has 0 aliphatic rings. The first-order valence-electron chi connectivity index (χ1n) is 6.89. The molecule has 3 heteroatoms. The molecular weight excluding hydrogens is 301 g/mol. The Kier molecular flexibility index (Phi) is 4.33. The lowest BCUT2D eigenvalue weighted by Gasteiger charge is -2.09. The molecule has 0 unspecified atom stereocenters. The quantitative estimate of drug-likeness (QED) is 0.641. The van der Waals surface area contributed by atoms with Crippen molar-refractivity contribution >= 4 is 39.7 Å². The van der Waals surface area contributed by atoms with Gasteiger partial charge < -0.3 is 5.32 Å². The van der Waals surface area contributed by atoms with Crippen LogP contribution in [0.25, 0.3) is 10.8 Å². The van der Waals surface area contributed by atoms with Gasteiger partial charge in [0.15, 0.2) is 0 Å². The third-order valence-corrected chi connectivity index (χ3v) is 4.26. The zero-order valence-electron chi connectivity index (χ0n) is 11.4. The Morgan fingerprint density at radius 3 is 2.48 bits per heavy atom. The fourth-order valence-electron chi connectivity index (χ4n) is 2.46. The van der Waals surface area contributed by atoms with E-state index in [4.69, 9.17) is 23.2 Å². The van der Waals surface area contributed by atoms with Gasteiger partial charge in [-0.15, -0.1) is 0 Å². The van der Waals surface area contributed by atoms with Gasteiger partial charge in [-0.2, -0.15) is 0 Å². The molecule has 0 radical (unpaired) electrons. The van der Waals surface area contributed by atoms with E-state index >= 15 is 0 Å². The highest BCUT2D eigenvalue weighted by Crippen LogP contribution is 2.25. The summed E-state index contributed by atoms with van der Waals surface area (Å²) >= 11 is 11.9. The summed E-state index contributed by atoms with van der Waals surface area (Å²) in [6.45, 7) is 0.853. The fraction of sp³-hybridized carbons (Fsp3) is 0.111. The minimum atomic E-state index is 0.576. The van der Waals surface area contributed by atoms with Crippen molar-refractivity contribution in [2.45, 2.75) is 6.42 Å². The van der Waals surface area contributed by atoms with Crippen LogP contribution in [0, 0.1) is 0 Å². The number of hydrogen-bond acceptors (Lipinski definition) is 1. The lowest BCUT2D eigenvalue weighted by atomic mass is 10.0. The first kappa shape index (κ1) is 14.2. The van der Waals surface area contributed by atoms with Crippen LogP contribution >= 0.6 is 23.2 Å². The molecule has 3 aromatic carbocycles. The average molecular weight is 316 g/mol. The van der Waals surface area contributed by atoms with Crippen molar-refractivity contribution in [3.05, 3.63) is 76.3 Å². The largest absolute Gasteiger partial charge is 0.385 e. The van der Waals surface area contributed by atoms with Gasteiger partial charge in [-0.3, -0.25) is 0 Å². The molecule has 0 aliphatic heterocycles. The zero-order chi connectivity index (χ0) is 14.7. The van der Waals surface area contributed by atoms with Gasteiger partial charge in [0.2, 0.25) is 0 Å². The summed E-state index contributed by atoms with van der Waals surface area (Å²) in [5.74, 6) is 0. The number of benzene rings is 3. The van der Waals surface area contributed by atoms with E-state index in [1.165, 1.54) is 16.3 Å².